The number of fused-ring (bicyclic) bond motifs is 3. The number of amides is 2. The molecule has 0 aromatic carbocycles. The fourth-order valence-electron chi connectivity index (χ4n) is 8.89. The van der Waals surface area contributed by atoms with E-state index in [2.05, 4.69) is 22.5 Å². The van der Waals surface area contributed by atoms with Gasteiger partial charge in [-0.25, -0.2) is 0 Å². The molecule has 4 N–H and O–H groups in total. The molecular weight excluding hydrogens is 538 g/mol. The molecule has 6 rings (SSSR count). The molecule has 2 aliphatic carbocycles. The Balaban J connectivity index is 1.14. The Morgan fingerprint density at radius 2 is 1.79 bits per heavy atom. The monoisotopic (exact) mass is 591 g/mol. The summed E-state index contributed by atoms with van der Waals surface area (Å²) in [6.07, 6.45) is 9.47. The Kier molecular flexibility index (Phi) is 9.74. The lowest BCUT2D eigenvalue weighted by Gasteiger charge is -2.56. The van der Waals surface area contributed by atoms with Gasteiger partial charge >= 0.3 is 0 Å². The van der Waals surface area contributed by atoms with Gasteiger partial charge in [0.2, 0.25) is 11.8 Å². The topological polar surface area (TPSA) is 128 Å². The van der Waals surface area contributed by atoms with Crippen LogP contribution in [0.3, 0.4) is 0 Å². The van der Waals surface area contributed by atoms with Gasteiger partial charge < -0.3 is 34.9 Å². The Morgan fingerprint density at radius 3 is 2.60 bits per heavy atom. The van der Waals surface area contributed by atoms with Crippen molar-refractivity contribution in [3.63, 3.8) is 0 Å². The van der Waals surface area contributed by atoms with E-state index < -0.39 is 12.1 Å². The second kappa shape index (κ2) is 13.3. The highest BCUT2D eigenvalue weighted by molar-refractivity contribution is 5.84. The number of hydrogen-bond donors (Lipinski definition) is 3. The van der Waals surface area contributed by atoms with Crippen LogP contribution in [0.15, 0.2) is 0 Å². The highest BCUT2D eigenvalue weighted by Gasteiger charge is 2.53. The minimum Gasteiger partial charge on any atom is -0.379 e. The molecule has 0 radical (unpaired) electrons. The van der Waals surface area contributed by atoms with E-state index in [1.54, 1.807) is 14.2 Å². The zero-order chi connectivity index (χ0) is 29.4. The van der Waals surface area contributed by atoms with E-state index in [0.717, 1.165) is 70.9 Å². The quantitative estimate of drug-likeness (QED) is 0.386. The summed E-state index contributed by atoms with van der Waals surface area (Å²) in [4.78, 5) is 32.0. The Hall–Kier alpha value is -1.34. The van der Waals surface area contributed by atoms with Gasteiger partial charge in [0.15, 0.2) is 0 Å². The summed E-state index contributed by atoms with van der Waals surface area (Å²) in [5, 5.41) is 7.09. The number of piperidine rings is 2. The molecule has 4 aliphatic heterocycles. The highest BCUT2D eigenvalue weighted by Crippen LogP contribution is 2.39. The van der Waals surface area contributed by atoms with Crippen molar-refractivity contribution >= 4 is 11.8 Å². The standard InChI is InChI=1S/C31H53N5O6/c1-18-5-4-11-36-28(18)34-29-22(31(36)38)15-21(30(37)33-16-20-7-9-24-26(14-20)42-17-41-24)27(32)35(29)12-10-19-6-8-23(39-2)25(13-19)40-3/h18-29,34H,4-17,32H2,1-3H3,(H,33,37). The number of likely N-dealkylation sites (tertiary alicyclic amines) is 1. The molecule has 4 saturated heterocycles. The maximum atomic E-state index is 14.0. The normalized spacial score (nSPS) is 44.3. The Morgan fingerprint density at radius 1 is 1.00 bits per heavy atom. The number of methoxy groups -OCH3 is 2. The molecule has 4 heterocycles. The van der Waals surface area contributed by atoms with Crippen LogP contribution in [0.25, 0.3) is 0 Å². The lowest BCUT2D eigenvalue weighted by Crippen LogP contribution is -2.75. The summed E-state index contributed by atoms with van der Waals surface area (Å²) in [7, 11) is 3.53. The van der Waals surface area contributed by atoms with E-state index in [0.29, 0.717) is 37.5 Å². The van der Waals surface area contributed by atoms with Crippen LogP contribution >= 0.6 is 0 Å². The fraction of sp³-hybridized carbons (Fsp3) is 0.935. The van der Waals surface area contributed by atoms with Crippen molar-refractivity contribution in [2.75, 3.05) is 40.6 Å². The van der Waals surface area contributed by atoms with Crippen LogP contribution in [0.1, 0.15) is 71.1 Å². The summed E-state index contributed by atoms with van der Waals surface area (Å²) < 4.78 is 22.8. The first kappa shape index (κ1) is 30.7. The molecule has 12 atom stereocenters. The molecule has 2 amide bonds. The molecule has 0 aromatic rings. The molecule has 2 saturated carbocycles. The minimum absolute atomic E-state index is 0.0273. The van der Waals surface area contributed by atoms with Crippen LogP contribution in [0.2, 0.25) is 0 Å². The number of ether oxygens (including phenoxy) is 4. The van der Waals surface area contributed by atoms with E-state index in [1.165, 1.54) is 0 Å². The second-order valence-corrected chi connectivity index (χ2v) is 13.9. The van der Waals surface area contributed by atoms with Gasteiger partial charge in [-0.05, 0) is 82.0 Å². The summed E-state index contributed by atoms with van der Waals surface area (Å²) in [6, 6.07) is 0. The first-order valence-corrected chi connectivity index (χ1v) is 16.5. The zero-order valence-electron chi connectivity index (χ0n) is 25.7. The van der Waals surface area contributed by atoms with Crippen molar-refractivity contribution in [1.29, 1.82) is 0 Å². The molecule has 11 nitrogen and oxygen atoms in total. The third kappa shape index (κ3) is 6.12. The Labute approximate surface area is 250 Å². The predicted octanol–water partition coefficient (Wildman–Crippen LogP) is 1.60. The number of nitrogens with two attached hydrogens (primary N) is 1. The molecule has 42 heavy (non-hydrogen) atoms. The average Bonchev–Trinajstić information content (AvgIpc) is 3.48. The number of hydrogen-bond acceptors (Lipinski definition) is 9. The number of nitrogens with zero attached hydrogens (tertiary/aromatic N) is 2. The van der Waals surface area contributed by atoms with Gasteiger partial charge in [0.05, 0.1) is 54.7 Å². The van der Waals surface area contributed by atoms with Crippen LogP contribution in [-0.4, -0.2) is 105 Å². The van der Waals surface area contributed by atoms with Crippen molar-refractivity contribution in [2.45, 2.75) is 114 Å². The third-order valence-electron chi connectivity index (χ3n) is 11.5. The van der Waals surface area contributed by atoms with Crippen molar-refractivity contribution in [1.82, 2.24) is 20.4 Å². The van der Waals surface area contributed by atoms with E-state index in [-0.39, 0.29) is 54.5 Å². The molecular formula is C31H53N5O6. The zero-order valence-corrected chi connectivity index (χ0v) is 25.7. The predicted molar refractivity (Wildman–Crippen MR) is 156 cm³/mol. The van der Waals surface area contributed by atoms with Gasteiger partial charge in [0.1, 0.15) is 6.79 Å². The molecule has 0 aromatic heterocycles. The number of rotatable bonds is 8. The van der Waals surface area contributed by atoms with Gasteiger partial charge in [-0.3, -0.25) is 19.8 Å². The molecule has 11 heteroatoms. The number of carbonyl (C=O) groups excluding carboxylic acids is 2. The van der Waals surface area contributed by atoms with Gasteiger partial charge in [-0.1, -0.05) is 6.92 Å². The lowest BCUT2D eigenvalue weighted by molar-refractivity contribution is -0.166. The maximum absolute atomic E-state index is 14.0. The van der Waals surface area contributed by atoms with Crippen molar-refractivity contribution in [3.8, 4) is 0 Å². The van der Waals surface area contributed by atoms with Crippen molar-refractivity contribution in [3.05, 3.63) is 0 Å². The van der Waals surface area contributed by atoms with Gasteiger partial charge in [0, 0.05) is 33.9 Å². The fourth-order valence-corrected chi connectivity index (χ4v) is 8.89. The summed E-state index contributed by atoms with van der Waals surface area (Å²) in [5.41, 5.74) is 6.99. The smallest absolute Gasteiger partial charge is 0.229 e. The van der Waals surface area contributed by atoms with Crippen molar-refractivity contribution in [2.24, 2.45) is 35.3 Å². The van der Waals surface area contributed by atoms with Gasteiger partial charge in [-0.2, -0.15) is 0 Å². The first-order valence-electron chi connectivity index (χ1n) is 16.5. The van der Waals surface area contributed by atoms with Crippen LogP contribution < -0.4 is 16.4 Å². The third-order valence-corrected chi connectivity index (χ3v) is 11.5. The molecule has 0 spiro atoms. The number of nitrogens with one attached hydrogen (secondary N) is 2. The van der Waals surface area contributed by atoms with E-state index in [9.17, 15) is 9.59 Å². The molecule has 12 unspecified atom stereocenters. The van der Waals surface area contributed by atoms with Crippen LogP contribution in [0.4, 0.5) is 0 Å². The van der Waals surface area contributed by atoms with Crippen molar-refractivity contribution < 1.29 is 28.5 Å². The minimum atomic E-state index is -0.451. The largest absolute Gasteiger partial charge is 0.379 e. The molecule has 6 fully saturated rings. The Bertz CT molecular complexity index is 957. The lowest BCUT2D eigenvalue weighted by atomic mass is 9.78. The van der Waals surface area contributed by atoms with Crippen LogP contribution in [0, 0.1) is 29.6 Å². The number of carbonyl (C=O) groups is 2. The summed E-state index contributed by atoms with van der Waals surface area (Å²) in [6.45, 7) is 4.75. The first-order chi connectivity index (χ1) is 20.4. The van der Waals surface area contributed by atoms with Crippen LogP contribution in [-0.2, 0) is 28.5 Å². The average molecular weight is 592 g/mol. The summed E-state index contributed by atoms with van der Waals surface area (Å²) >= 11 is 0. The SMILES string of the molecule is COC1CCC(CCN2C(N)C(C(=O)NCC3CCC4OCOC4C3)CC3C(=O)N4CCCC(C)C4NC32)CC1OC. The molecule has 6 aliphatic rings. The van der Waals surface area contributed by atoms with Gasteiger partial charge in [-0.15, -0.1) is 0 Å². The van der Waals surface area contributed by atoms with E-state index >= 15 is 0 Å². The van der Waals surface area contributed by atoms with E-state index in [4.69, 9.17) is 24.7 Å². The van der Waals surface area contributed by atoms with Gasteiger partial charge in [0.25, 0.3) is 0 Å². The summed E-state index contributed by atoms with van der Waals surface area (Å²) in [5.74, 6) is 0.679. The van der Waals surface area contributed by atoms with Crippen LogP contribution in [0.5, 0.6) is 0 Å². The maximum Gasteiger partial charge on any atom is 0.229 e. The molecule has 0 bridgehead atoms. The second-order valence-electron chi connectivity index (χ2n) is 13.9. The van der Waals surface area contributed by atoms with E-state index in [1.807, 2.05) is 4.90 Å². The molecule has 238 valence electrons. The highest BCUT2D eigenvalue weighted by atomic mass is 16.7.